The van der Waals surface area contributed by atoms with Gasteiger partial charge in [-0.15, -0.1) is 11.3 Å². The topological polar surface area (TPSA) is 84.7 Å². The molecule has 7 nitrogen and oxygen atoms in total. The van der Waals surface area contributed by atoms with E-state index >= 15 is 0 Å². The van der Waals surface area contributed by atoms with E-state index in [4.69, 9.17) is 0 Å². The number of nitrogens with one attached hydrogen (secondary N) is 2. The highest BCUT2D eigenvalue weighted by Crippen LogP contribution is 2.37. The Morgan fingerprint density at radius 1 is 1.23 bits per heavy atom. The number of carbonyl (C=O) groups excluding carboxylic acids is 1. The molecule has 1 atom stereocenters. The van der Waals surface area contributed by atoms with Crippen LogP contribution in [0.25, 0.3) is 0 Å². The average Bonchev–Trinajstić information content (AvgIpc) is 3.29. The highest BCUT2D eigenvalue weighted by atomic mass is 32.1. The molecule has 2 aromatic heterocycles. The largest absolute Gasteiger partial charge is 0.326 e. The number of anilines is 2. The van der Waals surface area contributed by atoms with Crippen LogP contribution in [0.2, 0.25) is 0 Å². The Bertz CT molecular complexity index is 1000. The van der Waals surface area contributed by atoms with Crippen molar-refractivity contribution < 1.29 is 4.79 Å². The highest BCUT2D eigenvalue weighted by Gasteiger charge is 2.34. The van der Waals surface area contributed by atoms with Crippen molar-refractivity contribution in [2.45, 2.75) is 26.8 Å². The van der Waals surface area contributed by atoms with Gasteiger partial charge in [-0.05, 0) is 59.8 Å². The summed E-state index contributed by atoms with van der Waals surface area (Å²) >= 11 is 1.57. The van der Waals surface area contributed by atoms with Crippen molar-refractivity contribution in [3.8, 4) is 0 Å². The zero-order chi connectivity index (χ0) is 18.3. The number of aryl methyl sites for hydroxylation is 1. The van der Waals surface area contributed by atoms with Gasteiger partial charge in [0.25, 0.3) is 5.91 Å². The molecule has 8 heteroatoms. The molecule has 1 amide bonds. The molecule has 2 N–H and O–H groups in total. The summed E-state index contributed by atoms with van der Waals surface area (Å²) in [6, 6.07) is 9.47. The third-order valence-electron chi connectivity index (χ3n) is 4.62. The van der Waals surface area contributed by atoms with Crippen LogP contribution in [0.3, 0.4) is 0 Å². The molecule has 0 saturated heterocycles. The van der Waals surface area contributed by atoms with Crippen LogP contribution in [0.1, 0.15) is 29.0 Å². The van der Waals surface area contributed by atoms with Gasteiger partial charge in [-0.1, -0.05) is 23.3 Å². The minimum absolute atomic E-state index is 0.164. The highest BCUT2D eigenvalue weighted by molar-refractivity contribution is 7.10. The van der Waals surface area contributed by atoms with Crippen molar-refractivity contribution in [1.29, 1.82) is 0 Å². The Hall–Kier alpha value is -3.00. The number of fused-ring (bicyclic) bond motifs is 1. The Labute approximate surface area is 154 Å². The quantitative estimate of drug-likeness (QED) is 0.743. The van der Waals surface area contributed by atoms with Crippen LogP contribution in [0.15, 0.2) is 47.0 Å². The van der Waals surface area contributed by atoms with Crippen molar-refractivity contribution in [3.05, 3.63) is 63.0 Å². The predicted octanol–water partition coefficient (Wildman–Crippen LogP) is 3.28. The summed E-state index contributed by atoms with van der Waals surface area (Å²) in [5.41, 5.74) is 4.34. The number of allylic oxidation sites excluding steroid dienone is 1. The fourth-order valence-electron chi connectivity index (χ4n) is 3.09. The zero-order valence-corrected chi connectivity index (χ0v) is 15.5. The van der Waals surface area contributed by atoms with E-state index in [2.05, 4.69) is 26.2 Å². The lowest BCUT2D eigenvalue weighted by molar-refractivity contribution is -0.113. The minimum Gasteiger partial charge on any atom is -0.326 e. The van der Waals surface area contributed by atoms with Crippen LogP contribution in [0.4, 0.5) is 11.6 Å². The molecule has 0 aliphatic carbocycles. The second-order valence-electron chi connectivity index (χ2n) is 6.23. The van der Waals surface area contributed by atoms with Crippen molar-refractivity contribution >= 4 is 28.9 Å². The summed E-state index contributed by atoms with van der Waals surface area (Å²) in [5.74, 6) is 0.368. The number of hydrogen-bond donors (Lipinski definition) is 2. The number of amides is 1. The first-order valence-corrected chi connectivity index (χ1v) is 9.11. The van der Waals surface area contributed by atoms with Gasteiger partial charge in [0.1, 0.15) is 6.04 Å². The Kier molecular flexibility index (Phi) is 4.04. The van der Waals surface area contributed by atoms with Crippen LogP contribution in [0, 0.1) is 13.8 Å². The number of thiophene rings is 1. The second kappa shape index (κ2) is 6.38. The van der Waals surface area contributed by atoms with Gasteiger partial charge in [0.2, 0.25) is 5.95 Å². The molecule has 1 aromatic carbocycles. The van der Waals surface area contributed by atoms with E-state index in [0.29, 0.717) is 11.5 Å². The molecule has 3 heterocycles. The summed E-state index contributed by atoms with van der Waals surface area (Å²) in [5, 5.41) is 20.0. The van der Waals surface area contributed by atoms with Gasteiger partial charge in [0.15, 0.2) is 0 Å². The summed E-state index contributed by atoms with van der Waals surface area (Å²) in [6.45, 7) is 5.90. The maximum absolute atomic E-state index is 13.2. The number of aromatic nitrogens is 4. The molecule has 0 fully saturated rings. The van der Waals surface area contributed by atoms with Crippen molar-refractivity contribution in [2.75, 3.05) is 10.6 Å². The van der Waals surface area contributed by atoms with Gasteiger partial charge >= 0.3 is 0 Å². The van der Waals surface area contributed by atoms with Crippen LogP contribution in [0.5, 0.6) is 0 Å². The SMILES string of the molecule is CC1=C(C(=O)Nc2cccc(C)c2C)C(c2cccs2)n2nnnc2N1. The number of carbonyl (C=O) groups is 1. The Morgan fingerprint density at radius 2 is 2.08 bits per heavy atom. The number of tetrazole rings is 1. The average molecular weight is 366 g/mol. The normalized spacial score (nSPS) is 16.2. The molecule has 0 spiro atoms. The van der Waals surface area contributed by atoms with Crippen molar-refractivity contribution in [3.63, 3.8) is 0 Å². The lowest BCUT2D eigenvalue weighted by Gasteiger charge is -2.27. The Balaban J connectivity index is 1.75. The monoisotopic (exact) mass is 366 g/mol. The van der Waals surface area contributed by atoms with Crippen molar-refractivity contribution in [2.24, 2.45) is 0 Å². The first-order valence-electron chi connectivity index (χ1n) is 8.23. The maximum atomic E-state index is 13.2. The summed E-state index contributed by atoms with van der Waals surface area (Å²) in [4.78, 5) is 14.2. The van der Waals surface area contributed by atoms with Crippen molar-refractivity contribution in [1.82, 2.24) is 20.2 Å². The molecule has 1 unspecified atom stereocenters. The van der Waals surface area contributed by atoms with Gasteiger partial charge in [0.05, 0.1) is 5.57 Å². The Morgan fingerprint density at radius 3 is 2.85 bits per heavy atom. The van der Waals surface area contributed by atoms with Crippen LogP contribution in [-0.2, 0) is 4.79 Å². The summed E-state index contributed by atoms with van der Waals surface area (Å²) in [6.07, 6.45) is 0. The van der Waals surface area contributed by atoms with Crippen LogP contribution >= 0.6 is 11.3 Å². The molecule has 1 aliphatic heterocycles. The van der Waals surface area contributed by atoms with E-state index in [1.807, 2.05) is 56.5 Å². The molecule has 1 aliphatic rings. The smallest absolute Gasteiger partial charge is 0.255 e. The number of rotatable bonds is 3. The molecular formula is C18H18N6OS. The first-order chi connectivity index (χ1) is 12.6. The number of nitrogens with zero attached hydrogens (tertiary/aromatic N) is 4. The number of hydrogen-bond acceptors (Lipinski definition) is 6. The molecule has 26 heavy (non-hydrogen) atoms. The number of benzene rings is 1. The molecule has 3 aromatic rings. The standard InChI is InChI=1S/C18H18N6OS/c1-10-6-4-7-13(11(10)2)20-17(25)15-12(3)19-18-21-22-23-24(18)16(15)14-8-5-9-26-14/h4-9,16H,1-3H3,(H,20,25)(H,19,21,23). The third-order valence-corrected chi connectivity index (χ3v) is 5.55. The molecule has 132 valence electrons. The molecular weight excluding hydrogens is 348 g/mol. The van der Waals surface area contributed by atoms with Gasteiger partial charge in [-0.3, -0.25) is 4.79 Å². The fourth-order valence-corrected chi connectivity index (χ4v) is 3.91. The van der Waals surface area contributed by atoms with E-state index in [0.717, 1.165) is 27.4 Å². The molecule has 0 saturated carbocycles. The van der Waals surface area contributed by atoms with Gasteiger partial charge in [0, 0.05) is 16.3 Å². The molecule has 0 bridgehead atoms. The maximum Gasteiger partial charge on any atom is 0.255 e. The van der Waals surface area contributed by atoms with E-state index in [1.165, 1.54) is 0 Å². The summed E-state index contributed by atoms with van der Waals surface area (Å²) in [7, 11) is 0. The van der Waals surface area contributed by atoms with E-state index in [-0.39, 0.29) is 11.9 Å². The molecule has 0 radical (unpaired) electrons. The van der Waals surface area contributed by atoms with E-state index in [9.17, 15) is 4.79 Å². The fraction of sp³-hybridized carbons (Fsp3) is 0.222. The zero-order valence-electron chi connectivity index (χ0n) is 14.6. The third kappa shape index (κ3) is 2.68. The first kappa shape index (κ1) is 16.5. The van der Waals surface area contributed by atoms with Gasteiger partial charge < -0.3 is 10.6 Å². The second-order valence-corrected chi connectivity index (χ2v) is 7.21. The lowest BCUT2D eigenvalue weighted by atomic mass is 10.00. The lowest BCUT2D eigenvalue weighted by Crippen LogP contribution is -2.31. The van der Waals surface area contributed by atoms with Gasteiger partial charge in [-0.25, -0.2) is 0 Å². The minimum atomic E-state index is -0.355. The van der Waals surface area contributed by atoms with Gasteiger partial charge in [-0.2, -0.15) is 4.68 Å². The predicted molar refractivity (Wildman–Crippen MR) is 101 cm³/mol. The van der Waals surface area contributed by atoms with Crippen LogP contribution in [-0.4, -0.2) is 26.1 Å². The van der Waals surface area contributed by atoms with E-state index < -0.39 is 0 Å². The molecule has 4 rings (SSSR count). The van der Waals surface area contributed by atoms with E-state index in [1.54, 1.807) is 16.0 Å². The summed E-state index contributed by atoms with van der Waals surface area (Å²) < 4.78 is 1.65. The van der Waals surface area contributed by atoms with Crippen LogP contribution < -0.4 is 10.6 Å².